The van der Waals surface area contributed by atoms with E-state index in [9.17, 15) is 13.2 Å². The molecule has 0 saturated carbocycles. The van der Waals surface area contributed by atoms with Gasteiger partial charge in [0, 0.05) is 17.5 Å². The van der Waals surface area contributed by atoms with Crippen molar-refractivity contribution >= 4 is 33.0 Å². The van der Waals surface area contributed by atoms with Crippen molar-refractivity contribution in [1.82, 2.24) is 4.90 Å². The molecule has 29 heavy (non-hydrogen) atoms. The summed E-state index contributed by atoms with van der Waals surface area (Å²) in [6.07, 6.45) is 0. The molecule has 0 aliphatic carbocycles. The van der Waals surface area contributed by atoms with Crippen LogP contribution in [-0.2, 0) is 16.6 Å². The lowest BCUT2D eigenvalue weighted by molar-refractivity contribution is 0.0785. The maximum absolute atomic E-state index is 12.9. The van der Waals surface area contributed by atoms with E-state index < -0.39 is 10.0 Å². The van der Waals surface area contributed by atoms with Gasteiger partial charge in [-0.3, -0.25) is 9.52 Å². The summed E-state index contributed by atoms with van der Waals surface area (Å²) in [6.45, 7) is 2.25. The van der Waals surface area contributed by atoms with Gasteiger partial charge in [-0.2, -0.15) is 0 Å². The highest BCUT2D eigenvalue weighted by Crippen LogP contribution is 2.27. The van der Waals surface area contributed by atoms with Gasteiger partial charge in [-0.25, -0.2) is 8.42 Å². The quantitative estimate of drug-likeness (QED) is 0.611. The van der Waals surface area contributed by atoms with Crippen molar-refractivity contribution in [3.8, 4) is 5.75 Å². The highest BCUT2D eigenvalue weighted by Gasteiger charge is 2.21. The summed E-state index contributed by atoms with van der Waals surface area (Å²) in [5.74, 6) is 0.181. The number of nitrogens with one attached hydrogen (secondary N) is 1. The zero-order valence-corrected chi connectivity index (χ0v) is 18.0. The number of amides is 1. The Kier molecular flexibility index (Phi) is 6.24. The van der Waals surface area contributed by atoms with Crippen LogP contribution >= 0.6 is 11.3 Å². The molecule has 8 heteroatoms. The largest absolute Gasteiger partial charge is 0.495 e. The highest BCUT2D eigenvalue weighted by atomic mass is 32.2. The Morgan fingerprint density at radius 3 is 2.59 bits per heavy atom. The van der Waals surface area contributed by atoms with Crippen LogP contribution in [-0.4, -0.2) is 33.4 Å². The lowest BCUT2D eigenvalue weighted by Gasteiger charge is -2.18. The minimum absolute atomic E-state index is 0.0156. The molecule has 0 bridgehead atoms. The fourth-order valence-electron chi connectivity index (χ4n) is 2.85. The van der Waals surface area contributed by atoms with Gasteiger partial charge in [0.25, 0.3) is 15.9 Å². The van der Waals surface area contributed by atoms with E-state index in [1.807, 2.05) is 17.5 Å². The van der Waals surface area contributed by atoms with Crippen LogP contribution in [0.4, 0.5) is 5.69 Å². The number of carbonyl (C=O) groups excluding carboxylic acids is 1. The van der Waals surface area contributed by atoms with Crippen LogP contribution in [0.1, 0.15) is 20.8 Å². The van der Waals surface area contributed by atoms with E-state index in [0.717, 1.165) is 4.88 Å². The Morgan fingerprint density at radius 1 is 1.14 bits per heavy atom. The van der Waals surface area contributed by atoms with Crippen molar-refractivity contribution in [1.29, 1.82) is 0 Å². The molecule has 0 unspecified atom stereocenters. The van der Waals surface area contributed by atoms with E-state index in [1.54, 1.807) is 60.5 Å². The number of thiophene rings is 1. The molecule has 0 atom stereocenters. The molecule has 0 saturated heterocycles. The first-order valence-electron chi connectivity index (χ1n) is 8.86. The molecule has 152 valence electrons. The van der Waals surface area contributed by atoms with Crippen molar-refractivity contribution in [2.75, 3.05) is 18.9 Å². The average molecular weight is 431 g/mol. The molecule has 0 aliphatic rings. The molecule has 1 heterocycles. The highest BCUT2D eigenvalue weighted by molar-refractivity contribution is 7.92. The standard InChI is InChI=1S/C21H22N2O4S2/c1-15-10-11-17(29(25,26)22-19-8-4-5-9-20(19)27-3)13-18(15)21(24)23(2)14-16-7-6-12-28-16/h4-13,22H,14H2,1-3H3. The Bertz CT molecular complexity index is 1110. The van der Waals surface area contributed by atoms with E-state index in [0.29, 0.717) is 29.1 Å². The third kappa shape index (κ3) is 4.78. The zero-order chi connectivity index (χ0) is 21.0. The van der Waals surface area contributed by atoms with Crippen molar-refractivity contribution in [2.45, 2.75) is 18.4 Å². The number of nitrogens with zero attached hydrogens (tertiary/aromatic N) is 1. The fourth-order valence-corrected chi connectivity index (χ4v) is 4.70. The number of sulfonamides is 1. The summed E-state index contributed by atoms with van der Waals surface area (Å²) in [6, 6.07) is 15.2. The fraction of sp³-hybridized carbons (Fsp3) is 0.190. The lowest BCUT2D eigenvalue weighted by Crippen LogP contribution is -2.27. The second kappa shape index (κ2) is 8.67. The number of methoxy groups -OCH3 is 1. The second-order valence-electron chi connectivity index (χ2n) is 6.52. The molecule has 0 aliphatic heterocycles. The van der Waals surface area contributed by atoms with E-state index in [1.165, 1.54) is 19.2 Å². The van der Waals surface area contributed by atoms with E-state index >= 15 is 0 Å². The molecule has 3 aromatic rings. The van der Waals surface area contributed by atoms with Crippen molar-refractivity contribution < 1.29 is 17.9 Å². The molecule has 2 aromatic carbocycles. The van der Waals surface area contributed by atoms with Gasteiger partial charge in [0.05, 0.1) is 24.2 Å². The first-order valence-corrected chi connectivity index (χ1v) is 11.2. The predicted octanol–water partition coefficient (Wildman–Crippen LogP) is 4.14. The molecular weight excluding hydrogens is 408 g/mol. The van der Waals surface area contributed by atoms with Gasteiger partial charge in [-0.05, 0) is 48.2 Å². The topological polar surface area (TPSA) is 75.7 Å². The lowest BCUT2D eigenvalue weighted by atomic mass is 10.1. The summed E-state index contributed by atoms with van der Waals surface area (Å²) in [7, 11) is -0.717. The summed E-state index contributed by atoms with van der Waals surface area (Å²) >= 11 is 1.57. The molecule has 0 radical (unpaired) electrons. The molecule has 3 rings (SSSR count). The van der Waals surface area contributed by atoms with Crippen molar-refractivity contribution in [3.05, 3.63) is 76.0 Å². The zero-order valence-electron chi connectivity index (χ0n) is 16.4. The van der Waals surface area contributed by atoms with Crippen LogP contribution in [0.2, 0.25) is 0 Å². The number of ether oxygens (including phenoxy) is 1. The number of hydrogen-bond donors (Lipinski definition) is 1. The van der Waals surface area contributed by atoms with Crippen LogP contribution in [0, 0.1) is 6.92 Å². The van der Waals surface area contributed by atoms with Gasteiger partial charge < -0.3 is 9.64 Å². The number of hydrogen-bond acceptors (Lipinski definition) is 5. The van der Waals surface area contributed by atoms with Gasteiger partial charge in [-0.1, -0.05) is 24.3 Å². The molecule has 1 amide bonds. The number of benzene rings is 2. The number of anilines is 1. The normalized spacial score (nSPS) is 11.1. The third-order valence-corrected chi connectivity index (χ3v) is 6.65. The van der Waals surface area contributed by atoms with Crippen molar-refractivity contribution in [3.63, 3.8) is 0 Å². The van der Waals surface area contributed by atoms with E-state index in [2.05, 4.69) is 4.72 Å². The Balaban J connectivity index is 1.88. The molecule has 6 nitrogen and oxygen atoms in total. The van der Waals surface area contributed by atoms with Gasteiger partial charge in [0.1, 0.15) is 5.75 Å². The molecule has 0 spiro atoms. The third-order valence-electron chi connectivity index (χ3n) is 4.42. The first kappa shape index (κ1) is 20.9. The van der Waals surface area contributed by atoms with Crippen molar-refractivity contribution in [2.24, 2.45) is 0 Å². The number of para-hydroxylation sites is 2. The summed E-state index contributed by atoms with van der Waals surface area (Å²) in [4.78, 5) is 15.6. The molecular formula is C21H22N2O4S2. The minimum atomic E-state index is -3.89. The minimum Gasteiger partial charge on any atom is -0.495 e. The van der Waals surface area contributed by atoms with Gasteiger partial charge in [0.2, 0.25) is 0 Å². The molecule has 1 aromatic heterocycles. The summed E-state index contributed by atoms with van der Waals surface area (Å²) < 4.78 is 33.5. The predicted molar refractivity (Wildman–Crippen MR) is 115 cm³/mol. The Hall–Kier alpha value is -2.84. The molecule has 1 N–H and O–H groups in total. The maximum atomic E-state index is 12.9. The first-order chi connectivity index (χ1) is 13.8. The second-order valence-corrected chi connectivity index (χ2v) is 9.24. The Labute approximate surface area is 174 Å². The summed E-state index contributed by atoms with van der Waals surface area (Å²) in [5.41, 5.74) is 1.40. The number of aryl methyl sites for hydroxylation is 1. The average Bonchev–Trinajstić information content (AvgIpc) is 3.20. The monoisotopic (exact) mass is 430 g/mol. The molecule has 0 fully saturated rings. The van der Waals surface area contributed by atoms with Crippen LogP contribution in [0.5, 0.6) is 5.75 Å². The number of rotatable bonds is 7. The van der Waals surface area contributed by atoms with Crippen LogP contribution in [0.3, 0.4) is 0 Å². The van der Waals surface area contributed by atoms with Crippen LogP contribution < -0.4 is 9.46 Å². The van der Waals surface area contributed by atoms with Gasteiger partial charge >= 0.3 is 0 Å². The van der Waals surface area contributed by atoms with Gasteiger partial charge in [-0.15, -0.1) is 11.3 Å². The Morgan fingerprint density at radius 2 is 1.90 bits per heavy atom. The van der Waals surface area contributed by atoms with E-state index in [4.69, 9.17) is 4.74 Å². The maximum Gasteiger partial charge on any atom is 0.262 e. The number of carbonyl (C=O) groups is 1. The smallest absolute Gasteiger partial charge is 0.262 e. The summed E-state index contributed by atoms with van der Waals surface area (Å²) in [5, 5.41) is 1.95. The van der Waals surface area contributed by atoms with Crippen LogP contribution in [0.25, 0.3) is 0 Å². The van der Waals surface area contributed by atoms with E-state index in [-0.39, 0.29) is 10.8 Å². The SMILES string of the molecule is COc1ccccc1NS(=O)(=O)c1ccc(C)c(C(=O)N(C)Cc2cccs2)c1. The van der Waals surface area contributed by atoms with Gasteiger partial charge in [0.15, 0.2) is 0 Å². The van der Waals surface area contributed by atoms with Crippen LogP contribution in [0.15, 0.2) is 64.9 Å².